The average Bonchev–Trinajstić information content (AvgIpc) is 2.71. The topological polar surface area (TPSA) is 57.7 Å². The lowest BCUT2D eigenvalue weighted by Crippen LogP contribution is -2.05. The van der Waals surface area contributed by atoms with Gasteiger partial charge in [0.2, 0.25) is 0 Å². The first kappa shape index (κ1) is 19.3. The first-order valence-electron chi connectivity index (χ1n) is 8.37. The highest BCUT2D eigenvalue weighted by Gasteiger charge is 2.11. The zero-order valence-corrected chi connectivity index (χ0v) is 15.0. The number of benzene rings is 2. The number of para-hydroxylation sites is 1. The maximum Gasteiger partial charge on any atom is 0.387 e. The number of carbonyl (C=O) groups is 1. The number of pyridine rings is 1. The molecule has 0 radical (unpaired) electrons. The molecule has 1 heterocycles. The van der Waals surface area contributed by atoms with Crippen molar-refractivity contribution in [1.82, 2.24) is 4.98 Å². The Morgan fingerprint density at radius 2 is 1.93 bits per heavy atom. The van der Waals surface area contributed by atoms with Gasteiger partial charge in [0.25, 0.3) is 0 Å². The van der Waals surface area contributed by atoms with Gasteiger partial charge in [-0.1, -0.05) is 30.3 Å². The maximum absolute atomic E-state index is 12.3. The summed E-state index contributed by atoms with van der Waals surface area (Å²) in [6, 6.07) is 15.7. The van der Waals surface area contributed by atoms with Gasteiger partial charge < -0.3 is 14.2 Å². The number of nitrogens with zero attached hydrogens (tertiary/aromatic N) is 1. The van der Waals surface area contributed by atoms with Crippen LogP contribution in [-0.4, -0.2) is 24.7 Å². The van der Waals surface area contributed by atoms with Crippen molar-refractivity contribution in [3.05, 3.63) is 71.9 Å². The van der Waals surface area contributed by atoms with E-state index in [2.05, 4.69) is 9.72 Å². The van der Waals surface area contributed by atoms with E-state index in [0.717, 1.165) is 10.9 Å². The fourth-order valence-corrected chi connectivity index (χ4v) is 2.53. The molecule has 0 unspecified atom stereocenters. The summed E-state index contributed by atoms with van der Waals surface area (Å²) < 4.78 is 39.2. The molecule has 7 heteroatoms. The second kappa shape index (κ2) is 8.94. The largest absolute Gasteiger partial charge is 0.493 e. The Bertz CT molecular complexity index is 1000. The highest BCUT2D eigenvalue weighted by atomic mass is 19.3. The quantitative estimate of drug-likeness (QED) is 0.439. The molecule has 0 aliphatic heterocycles. The Morgan fingerprint density at radius 3 is 2.71 bits per heavy atom. The van der Waals surface area contributed by atoms with E-state index in [1.165, 1.54) is 31.4 Å². The van der Waals surface area contributed by atoms with Crippen molar-refractivity contribution in [3.8, 4) is 11.5 Å². The molecule has 0 atom stereocenters. The van der Waals surface area contributed by atoms with Crippen LogP contribution in [0.25, 0.3) is 17.0 Å². The van der Waals surface area contributed by atoms with Crippen LogP contribution in [0.3, 0.4) is 0 Å². The summed E-state index contributed by atoms with van der Waals surface area (Å²) in [6.45, 7) is -2.99. The monoisotopic (exact) mass is 385 g/mol. The highest BCUT2D eigenvalue weighted by molar-refractivity contribution is 5.87. The van der Waals surface area contributed by atoms with Crippen LogP contribution in [0, 0.1) is 0 Å². The highest BCUT2D eigenvalue weighted by Crippen LogP contribution is 2.29. The molecule has 0 bridgehead atoms. The van der Waals surface area contributed by atoms with Crippen molar-refractivity contribution in [3.63, 3.8) is 0 Å². The molecule has 0 saturated carbocycles. The predicted molar refractivity (Wildman–Crippen MR) is 100 cm³/mol. The standard InChI is InChI=1S/C21H17F2NO4/c1-26-19-12-14(6-10-18(19)28-21(22)23)13-27-20(25)11-9-16-8-7-15-4-2-3-5-17(15)24-16/h2-12,21H,13H2,1H3/b11-9+. The molecule has 3 aromatic rings. The lowest BCUT2D eigenvalue weighted by molar-refractivity contribution is -0.138. The van der Waals surface area contributed by atoms with Crippen LogP contribution in [0.15, 0.2) is 60.7 Å². The first-order valence-corrected chi connectivity index (χ1v) is 8.37. The number of alkyl halides is 2. The summed E-state index contributed by atoms with van der Waals surface area (Å²) in [5.74, 6) is -0.513. The van der Waals surface area contributed by atoms with Crippen LogP contribution >= 0.6 is 0 Å². The van der Waals surface area contributed by atoms with Crippen molar-refractivity contribution in [2.75, 3.05) is 7.11 Å². The number of fused-ring (bicyclic) bond motifs is 1. The van der Waals surface area contributed by atoms with Gasteiger partial charge in [0.15, 0.2) is 11.5 Å². The number of methoxy groups -OCH3 is 1. The van der Waals surface area contributed by atoms with Gasteiger partial charge in [-0.05, 0) is 35.9 Å². The SMILES string of the molecule is COc1cc(COC(=O)/C=C/c2ccc3ccccc3n2)ccc1OC(F)F. The van der Waals surface area contributed by atoms with Crippen molar-refractivity contribution in [1.29, 1.82) is 0 Å². The Kier molecular flexibility index (Phi) is 6.16. The number of halogens is 2. The van der Waals surface area contributed by atoms with Gasteiger partial charge in [-0.25, -0.2) is 9.78 Å². The van der Waals surface area contributed by atoms with Crippen molar-refractivity contribution in [2.45, 2.75) is 13.2 Å². The third-order valence-corrected chi connectivity index (χ3v) is 3.84. The minimum Gasteiger partial charge on any atom is -0.493 e. The van der Waals surface area contributed by atoms with Gasteiger partial charge in [0.05, 0.1) is 18.3 Å². The minimum atomic E-state index is -2.95. The van der Waals surface area contributed by atoms with Gasteiger partial charge in [0.1, 0.15) is 6.61 Å². The predicted octanol–water partition coefficient (Wildman–Crippen LogP) is 4.60. The molecule has 0 spiro atoms. The molecule has 5 nitrogen and oxygen atoms in total. The van der Waals surface area contributed by atoms with Gasteiger partial charge >= 0.3 is 12.6 Å². The molecule has 2 aromatic carbocycles. The summed E-state index contributed by atoms with van der Waals surface area (Å²) >= 11 is 0. The Labute approximate surface area is 160 Å². The molecule has 0 aliphatic carbocycles. The molecule has 144 valence electrons. The maximum atomic E-state index is 12.3. The van der Waals surface area contributed by atoms with Crippen molar-refractivity contribution < 1.29 is 27.8 Å². The Balaban J connectivity index is 1.60. The zero-order valence-electron chi connectivity index (χ0n) is 15.0. The summed E-state index contributed by atoms with van der Waals surface area (Å²) in [5.41, 5.74) is 2.03. The second-order valence-electron chi connectivity index (χ2n) is 5.73. The first-order chi connectivity index (χ1) is 13.5. The normalized spacial score (nSPS) is 11.1. The van der Waals surface area contributed by atoms with Gasteiger partial charge in [-0.2, -0.15) is 8.78 Å². The summed E-state index contributed by atoms with van der Waals surface area (Å²) in [6.07, 6.45) is 2.84. The number of esters is 1. The van der Waals surface area contributed by atoms with E-state index in [4.69, 9.17) is 9.47 Å². The van der Waals surface area contributed by atoms with Gasteiger partial charge in [0, 0.05) is 11.5 Å². The fourth-order valence-electron chi connectivity index (χ4n) is 2.53. The number of hydrogen-bond donors (Lipinski definition) is 0. The van der Waals surface area contributed by atoms with Crippen LogP contribution in [0.4, 0.5) is 8.78 Å². The van der Waals surface area contributed by atoms with Gasteiger partial charge in [-0.15, -0.1) is 0 Å². The molecule has 3 rings (SSSR count). The van der Waals surface area contributed by atoms with Crippen LogP contribution < -0.4 is 9.47 Å². The number of hydrogen-bond acceptors (Lipinski definition) is 5. The molecule has 0 saturated heterocycles. The van der Waals surface area contributed by atoms with E-state index in [0.29, 0.717) is 11.3 Å². The lowest BCUT2D eigenvalue weighted by Gasteiger charge is -2.11. The zero-order chi connectivity index (χ0) is 19.9. The molecule has 0 amide bonds. The van der Waals surface area contributed by atoms with Gasteiger partial charge in [-0.3, -0.25) is 0 Å². The lowest BCUT2D eigenvalue weighted by atomic mass is 10.2. The molecular weight excluding hydrogens is 368 g/mol. The average molecular weight is 385 g/mol. The third-order valence-electron chi connectivity index (χ3n) is 3.84. The number of aromatic nitrogens is 1. The van der Waals surface area contributed by atoms with Crippen molar-refractivity contribution in [2.24, 2.45) is 0 Å². The van der Waals surface area contributed by atoms with Crippen LogP contribution in [-0.2, 0) is 16.1 Å². The number of ether oxygens (including phenoxy) is 3. The molecular formula is C21H17F2NO4. The van der Waals surface area contributed by atoms with E-state index in [-0.39, 0.29) is 18.1 Å². The summed E-state index contributed by atoms with van der Waals surface area (Å²) in [7, 11) is 1.34. The summed E-state index contributed by atoms with van der Waals surface area (Å²) in [5, 5.41) is 1.01. The Morgan fingerprint density at radius 1 is 1.11 bits per heavy atom. The van der Waals surface area contributed by atoms with E-state index >= 15 is 0 Å². The molecule has 28 heavy (non-hydrogen) atoms. The van der Waals surface area contributed by atoms with E-state index in [9.17, 15) is 13.6 Å². The molecule has 0 fully saturated rings. The molecule has 0 N–H and O–H groups in total. The molecule has 0 aliphatic rings. The van der Waals surface area contributed by atoms with E-state index < -0.39 is 12.6 Å². The molecule has 1 aromatic heterocycles. The van der Waals surface area contributed by atoms with E-state index in [1.54, 1.807) is 12.1 Å². The summed E-state index contributed by atoms with van der Waals surface area (Å²) in [4.78, 5) is 16.4. The van der Waals surface area contributed by atoms with Crippen LogP contribution in [0.1, 0.15) is 11.3 Å². The fraction of sp³-hybridized carbons (Fsp3) is 0.143. The van der Waals surface area contributed by atoms with Crippen LogP contribution in [0.5, 0.6) is 11.5 Å². The van der Waals surface area contributed by atoms with Crippen molar-refractivity contribution >= 4 is 22.9 Å². The second-order valence-corrected chi connectivity index (χ2v) is 5.73. The third kappa shape index (κ3) is 5.03. The number of rotatable bonds is 7. The van der Waals surface area contributed by atoms with Crippen LogP contribution in [0.2, 0.25) is 0 Å². The number of carbonyl (C=O) groups excluding carboxylic acids is 1. The smallest absolute Gasteiger partial charge is 0.387 e. The Hall–Kier alpha value is -3.48. The minimum absolute atomic E-state index is 0.0420. The van der Waals surface area contributed by atoms with E-state index in [1.807, 2.05) is 30.3 Å².